The quantitative estimate of drug-likeness (QED) is 0.0576. The third-order valence-corrected chi connectivity index (χ3v) is 12.5. The van der Waals surface area contributed by atoms with Crippen LogP contribution in [-0.4, -0.2) is 58.7 Å². The van der Waals surface area contributed by atoms with Gasteiger partial charge in [0, 0.05) is 24.8 Å². The molecule has 8 aromatic rings. The van der Waals surface area contributed by atoms with Crippen LogP contribution >= 0.6 is 0 Å². The maximum atomic E-state index is 15.1. The van der Waals surface area contributed by atoms with Gasteiger partial charge in [-0.05, 0) is 95.7 Å². The van der Waals surface area contributed by atoms with E-state index in [9.17, 15) is 14.4 Å². The molecule has 0 saturated carbocycles. The summed E-state index contributed by atoms with van der Waals surface area (Å²) in [6, 6.07) is 60.2. The maximum absolute atomic E-state index is 15.1. The zero-order valence-corrected chi connectivity index (χ0v) is 40.7. The highest BCUT2D eigenvalue weighted by molar-refractivity contribution is 6.16. The monoisotopic (exact) mass is 985 g/mol. The van der Waals surface area contributed by atoms with Gasteiger partial charge in [-0.2, -0.15) is 0 Å². The van der Waals surface area contributed by atoms with Gasteiger partial charge in [0.15, 0.2) is 0 Å². The van der Waals surface area contributed by atoms with Crippen molar-refractivity contribution < 1.29 is 42.9 Å². The lowest BCUT2D eigenvalue weighted by Crippen LogP contribution is -2.50. The Morgan fingerprint density at radius 1 is 0.541 bits per heavy atom. The largest absolute Gasteiger partial charge is 0.489 e. The SMILES string of the molecule is O=C(N[C@@H]1CN(Cc2ccccc2)CCC[C@H]1OC(=O)c1cc(OCc2ccccc2)c(C(=O)c2ncccc2C(=O)OCc2ccccc2)c(OCc2ccccc2)c1)c1ccc(OCc2ccccc2)cc1. The standard InChI is InChI=1S/C62H55N3O9/c66-59(58-52(28-16-34-63-58)62(69)73-43-48-26-14-5-15-27-48)57-55(71-41-46-22-10-3-11-23-46)36-50(37-56(57)72-42-47-24-12-4-13-25-47)61(68)74-54-29-17-35-65(38-44-18-6-1-7-19-44)39-53(54)64-60(67)49-30-32-51(33-31-49)70-40-45-20-8-2-9-21-45/h1-16,18-28,30-34,36-37,53-54H,17,29,35,38-43H2,(H,64,67)/t53-,54-/m1/s1. The summed E-state index contributed by atoms with van der Waals surface area (Å²) < 4.78 is 31.1. The molecule has 2 heterocycles. The molecule has 0 bridgehead atoms. The predicted molar refractivity (Wildman–Crippen MR) is 280 cm³/mol. The van der Waals surface area contributed by atoms with E-state index in [0.717, 1.165) is 27.8 Å². The summed E-state index contributed by atoms with van der Waals surface area (Å²) in [6.45, 7) is 2.11. The lowest BCUT2D eigenvalue weighted by molar-refractivity contribution is 0.0174. The Morgan fingerprint density at radius 3 is 1.61 bits per heavy atom. The molecule has 1 saturated heterocycles. The minimum absolute atomic E-state index is 0.00145. The normalized spacial score (nSPS) is 14.4. The van der Waals surface area contributed by atoms with Crippen molar-refractivity contribution in [1.29, 1.82) is 0 Å². The Hall–Kier alpha value is -8.87. The van der Waals surface area contributed by atoms with Gasteiger partial charge in [-0.25, -0.2) is 9.59 Å². The van der Waals surface area contributed by atoms with Gasteiger partial charge in [0.1, 0.15) is 61.0 Å². The number of esters is 2. The van der Waals surface area contributed by atoms with Gasteiger partial charge in [0.2, 0.25) is 5.78 Å². The van der Waals surface area contributed by atoms with Gasteiger partial charge in [-0.15, -0.1) is 0 Å². The molecule has 1 fully saturated rings. The van der Waals surface area contributed by atoms with E-state index < -0.39 is 29.9 Å². The van der Waals surface area contributed by atoms with Crippen LogP contribution in [0.5, 0.6) is 17.2 Å². The second kappa shape index (κ2) is 25.0. The zero-order valence-electron chi connectivity index (χ0n) is 40.7. The van der Waals surface area contributed by atoms with Gasteiger partial charge in [-0.1, -0.05) is 152 Å². The molecule has 12 heteroatoms. The lowest BCUT2D eigenvalue weighted by Gasteiger charge is -2.29. The van der Waals surface area contributed by atoms with E-state index in [-0.39, 0.29) is 59.6 Å². The van der Waals surface area contributed by atoms with Crippen molar-refractivity contribution in [3.8, 4) is 17.2 Å². The third-order valence-electron chi connectivity index (χ3n) is 12.5. The number of nitrogens with zero attached hydrogens (tertiary/aromatic N) is 2. The van der Waals surface area contributed by atoms with E-state index in [4.69, 9.17) is 23.7 Å². The molecule has 0 aliphatic carbocycles. The lowest BCUT2D eigenvalue weighted by atomic mass is 9.99. The average Bonchev–Trinajstić information content (AvgIpc) is 3.64. The molecule has 1 aliphatic rings. The van der Waals surface area contributed by atoms with Gasteiger partial charge in [0.05, 0.1) is 17.2 Å². The molecular formula is C62H55N3O9. The molecule has 7 aromatic carbocycles. The van der Waals surface area contributed by atoms with Gasteiger partial charge in [-0.3, -0.25) is 19.5 Å². The van der Waals surface area contributed by atoms with Crippen LogP contribution in [0.25, 0.3) is 0 Å². The molecule has 1 aliphatic heterocycles. The van der Waals surface area contributed by atoms with Crippen molar-refractivity contribution in [3.05, 3.63) is 262 Å². The molecule has 0 unspecified atom stereocenters. The number of likely N-dealkylation sites (tertiary alicyclic amines) is 1. The van der Waals surface area contributed by atoms with Crippen LogP contribution in [-0.2, 0) is 42.4 Å². The predicted octanol–water partition coefficient (Wildman–Crippen LogP) is 11.0. The molecule has 0 radical (unpaired) electrons. The van der Waals surface area contributed by atoms with Crippen LogP contribution in [0.2, 0.25) is 0 Å². The number of hydrogen-bond donors (Lipinski definition) is 1. The Labute approximate surface area is 430 Å². The average molecular weight is 986 g/mol. The van der Waals surface area contributed by atoms with Gasteiger partial charge in [0.25, 0.3) is 5.91 Å². The number of hydrogen-bond acceptors (Lipinski definition) is 11. The molecule has 1 N–H and O–H groups in total. The second-order valence-electron chi connectivity index (χ2n) is 17.9. The summed E-state index contributed by atoms with van der Waals surface area (Å²) in [4.78, 5) is 64.4. The van der Waals surface area contributed by atoms with Crippen molar-refractivity contribution in [2.45, 2.75) is 58.0 Å². The molecule has 1 aromatic heterocycles. The Balaban J connectivity index is 1.03. The van der Waals surface area contributed by atoms with E-state index in [2.05, 4.69) is 27.3 Å². The Kier molecular flexibility index (Phi) is 16.9. The van der Waals surface area contributed by atoms with Crippen LogP contribution in [0.3, 0.4) is 0 Å². The summed E-state index contributed by atoms with van der Waals surface area (Å²) in [7, 11) is 0. The molecule has 74 heavy (non-hydrogen) atoms. The van der Waals surface area contributed by atoms with Crippen LogP contribution in [0.4, 0.5) is 0 Å². The summed E-state index contributed by atoms with van der Waals surface area (Å²) in [6.07, 6.45) is 1.78. The first kappa shape index (κ1) is 50.1. The minimum atomic E-state index is -0.762. The molecule has 1 amide bonds. The molecule has 372 valence electrons. The Bertz CT molecular complexity index is 3060. The third kappa shape index (κ3) is 13.5. The van der Waals surface area contributed by atoms with Crippen molar-refractivity contribution in [1.82, 2.24) is 15.2 Å². The van der Waals surface area contributed by atoms with E-state index in [1.54, 1.807) is 30.3 Å². The van der Waals surface area contributed by atoms with Crippen molar-refractivity contribution in [2.24, 2.45) is 0 Å². The molecule has 12 nitrogen and oxygen atoms in total. The number of benzene rings is 7. The highest BCUT2D eigenvalue weighted by atomic mass is 16.5. The van der Waals surface area contributed by atoms with Crippen molar-refractivity contribution >= 4 is 23.6 Å². The first-order chi connectivity index (χ1) is 36.3. The fourth-order valence-corrected chi connectivity index (χ4v) is 8.67. The second-order valence-corrected chi connectivity index (χ2v) is 17.9. The summed E-state index contributed by atoms with van der Waals surface area (Å²) in [5.41, 5.74) is 4.64. The number of nitrogens with one attached hydrogen (secondary N) is 1. The minimum Gasteiger partial charge on any atom is -0.489 e. The smallest absolute Gasteiger partial charge is 0.340 e. The molecule has 9 rings (SSSR count). The molecule has 0 spiro atoms. The van der Waals surface area contributed by atoms with Crippen LogP contribution in [0.15, 0.2) is 206 Å². The van der Waals surface area contributed by atoms with Gasteiger partial charge >= 0.3 is 11.9 Å². The fourth-order valence-electron chi connectivity index (χ4n) is 8.67. The summed E-state index contributed by atoms with van der Waals surface area (Å²) in [5.74, 6) is -1.87. The first-order valence-electron chi connectivity index (χ1n) is 24.6. The van der Waals surface area contributed by atoms with Crippen molar-refractivity contribution in [2.75, 3.05) is 13.1 Å². The molecular weight excluding hydrogens is 931 g/mol. The Morgan fingerprint density at radius 2 is 1.05 bits per heavy atom. The van der Waals surface area contributed by atoms with E-state index in [0.29, 0.717) is 50.4 Å². The topological polar surface area (TPSA) is 143 Å². The summed E-state index contributed by atoms with van der Waals surface area (Å²) >= 11 is 0. The van der Waals surface area contributed by atoms with Crippen LogP contribution in [0, 0.1) is 0 Å². The van der Waals surface area contributed by atoms with Crippen LogP contribution in [0.1, 0.15) is 87.8 Å². The van der Waals surface area contributed by atoms with Crippen LogP contribution < -0.4 is 19.5 Å². The fraction of sp³-hybridized carbons (Fsp3) is 0.177. The number of amides is 1. The number of pyridine rings is 1. The first-order valence-corrected chi connectivity index (χ1v) is 24.6. The summed E-state index contributed by atoms with van der Waals surface area (Å²) in [5, 5.41) is 3.21. The highest BCUT2D eigenvalue weighted by Crippen LogP contribution is 2.36. The number of carbonyl (C=O) groups excluding carboxylic acids is 4. The number of rotatable bonds is 20. The molecule has 2 atom stereocenters. The van der Waals surface area contributed by atoms with Gasteiger partial charge < -0.3 is 29.0 Å². The van der Waals surface area contributed by atoms with E-state index in [1.807, 2.05) is 140 Å². The van der Waals surface area contributed by atoms with E-state index >= 15 is 4.79 Å². The maximum Gasteiger partial charge on any atom is 0.340 e. The highest BCUT2D eigenvalue weighted by Gasteiger charge is 2.34. The number of ether oxygens (including phenoxy) is 5. The number of carbonyl (C=O) groups is 4. The zero-order chi connectivity index (χ0) is 50.9. The van der Waals surface area contributed by atoms with Crippen molar-refractivity contribution in [3.63, 3.8) is 0 Å². The number of aromatic nitrogens is 1. The number of ketones is 1. The van der Waals surface area contributed by atoms with E-state index in [1.165, 1.54) is 24.4 Å².